The quantitative estimate of drug-likeness (QED) is 0.0905. The second-order valence-corrected chi connectivity index (χ2v) is 23.3. The Bertz CT molecular complexity index is 3140. The van der Waals surface area contributed by atoms with E-state index in [4.69, 9.17) is 4.98 Å². The fraction of sp³-hybridized carbons (Fsp3) is 0.164. The van der Waals surface area contributed by atoms with Crippen LogP contribution in [0.4, 0.5) is 0 Å². The van der Waals surface area contributed by atoms with Crippen molar-refractivity contribution >= 4 is 67.3 Å². The molecule has 0 N–H and O–H groups in total. The maximum absolute atomic E-state index is 5.20. The van der Waals surface area contributed by atoms with Gasteiger partial charge in [0.05, 0.1) is 24.9 Å². The average molecular weight is 1000 g/mol. The van der Waals surface area contributed by atoms with Crippen molar-refractivity contribution in [1.29, 1.82) is 0 Å². The average Bonchev–Trinajstić information content (AvgIpc) is 3.84. The van der Waals surface area contributed by atoms with Crippen LogP contribution in [-0.2, 0) is 26.5 Å². The number of aromatic nitrogens is 3. The Morgan fingerprint density at radius 2 is 1.41 bits per heavy atom. The fourth-order valence-electron chi connectivity index (χ4n) is 8.71. The summed E-state index contributed by atoms with van der Waals surface area (Å²) in [5.41, 5.74) is 12.9. The van der Waals surface area contributed by atoms with Gasteiger partial charge in [-0.25, -0.2) is 0 Å². The molecule has 3 aromatic heterocycles. The van der Waals surface area contributed by atoms with Crippen LogP contribution in [0, 0.1) is 31.2 Å². The molecule has 0 aliphatic rings. The molecule has 0 atom stereocenters. The number of fused-ring (bicyclic) bond motifs is 5. The first kappa shape index (κ1) is 42.2. The largest absolute Gasteiger partial charge is 0.333 e. The first-order valence-corrected chi connectivity index (χ1v) is 25.2. The van der Waals surface area contributed by atoms with E-state index in [-0.39, 0.29) is 20.1 Å². The van der Waals surface area contributed by atoms with Crippen molar-refractivity contribution in [2.24, 2.45) is 5.92 Å². The van der Waals surface area contributed by atoms with E-state index in [0.29, 0.717) is 5.92 Å². The van der Waals surface area contributed by atoms with Gasteiger partial charge in [0.1, 0.15) is 0 Å². The predicted octanol–water partition coefficient (Wildman–Crippen LogP) is 14.6. The zero-order chi connectivity index (χ0) is 41.5. The molecule has 10 aromatic rings. The molecule has 0 saturated heterocycles. The van der Waals surface area contributed by atoms with Crippen LogP contribution in [0.2, 0.25) is 19.6 Å². The summed E-state index contributed by atoms with van der Waals surface area (Å²) in [5.74, 6) is 1.60. The van der Waals surface area contributed by atoms with Crippen LogP contribution in [0.5, 0.6) is 0 Å². The van der Waals surface area contributed by atoms with E-state index in [1.54, 1.807) is 11.3 Å². The maximum Gasteiger partial charge on any atom is 0.0798 e. The van der Waals surface area contributed by atoms with Crippen LogP contribution in [-0.4, -0.2) is 22.6 Å². The molecule has 7 aromatic carbocycles. The summed E-state index contributed by atoms with van der Waals surface area (Å²) in [6, 6.07) is 55.0. The van der Waals surface area contributed by atoms with Gasteiger partial charge in [0.25, 0.3) is 0 Å². The number of hydrogen-bond donors (Lipinski definition) is 0. The Morgan fingerprint density at radius 1 is 0.705 bits per heavy atom. The summed E-state index contributed by atoms with van der Waals surface area (Å²) >= 11 is 1.67. The van der Waals surface area contributed by atoms with Crippen molar-refractivity contribution in [2.75, 3.05) is 0 Å². The number of aryl methyl sites for hydroxylation is 2. The van der Waals surface area contributed by atoms with Gasteiger partial charge in [0.15, 0.2) is 0 Å². The SMILES string of the molecule is CC(C)Cc1cc(-c2[c-]cccc2)ncc1[Si](C)(C)C.Cc1cc(-n2c(-c3[c-]sc4cc5ccc6ccccc6c5cc34)nc3ccccc32)cc(C)c1-c1ccccc1.[Ir]. The van der Waals surface area contributed by atoms with E-state index in [1.807, 2.05) is 18.2 Å². The minimum Gasteiger partial charge on any atom is -0.333 e. The van der Waals surface area contributed by atoms with Crippen LogP contribution in [0.25, 0.3) is 82.1 Å². The van der Waals surface area contributed by atoms with Crippen molar-refractivity contribution in [3.63, 3.8) is 0 Å². The van der Waals surface area contributed by atoms with E-state index in [0.717, 1.165) is 45.8 Å². The van der Waals surface area contributed by atoms with Gasteiger partial charge in [-0.1, -0.05) is 152 Å². The molecule has 0 aliphatic heterocycles. The van der Waals surface area contributed by atoms with Crippen LogP contribution in [0.3, 0.4) is 0 Å². The second kappa shape index (κ2) is 17.5. The van der Waals surface area contributed by atoms with Gasteiger partial charge in [-0.05, 0) is 105 Å². The van der Waals surface area contributed by atoms with Crippen molar-refractivity contribution in [1.82, 2.24) is 14.5 Å². The Kier molecular flexibility index (Phi) is 12.1. The number of para-hydroxylation sites is 2. The van der Waals surface area contributed by atoms with Gasteiger partial charge in [-0.3, -0.25) is 16.3 Å². The zero-order valence-electron chi connectivity index (χ0n) is 35.8. The molecule has 3 heterocycles. The molecule has 0 aliphatic carbocycles. The van der Waals surface area contributed by atoms with Crippen LogP contribution < -0.4 is 5.19 Å². The second-order valence-electron chi connectivity index (χ2n) is 17.4. The summed E-state index contributed by atoms with van der Waals surface area (Å²) in [5, 5.41) is 11.4. The molecule has 6 heteroatoms. The van der Waals surface area contributed by atoms with Crippen LogP contribution in [0.1, 0.15) is 30.5 Å². The summed E-state index contributed by atoms with van der Waals surface area (Å²) < 4.78 is 3.54. The molecular formula is C55H49IrN3SSi-2. The summed E-state index contributed by atoms with van der Waals surface area (Å²) in [7, 11) is -1.34. The molecule has 3 nitrogen and oxygen atoms in total. The summed E-state index contributed by atoms with van der Waals surface area (Å²) in [6.45, 7) is 16.2. The molecule has 305 valence electrons. The molecule has 0 fully saturated rings. The number of hydrogen-bond acceptors (Lipinski definition) is 3. The minimum atomic E-state index is -1.34. The standard InChI is InChI=1S/C37H25N2S.C18H24NSi.Ir/c1-23-18-28(19-24(2)36(23)26-11-4-3-5-12-26)39-34-15-9-8-14-33(34)38-37(39)32-22-40-35-20-27-17-16-25-10-6-7-13-29(25)30(27)21-31(32)35;1-14(2)11-16-12-17(15-9-7-6-8-10-15)19-13-18(16)20(3,4)5;/h3-21H,1-2H3;6-9,12-14H,11H2,1-5H3;/q2*-1;. The van der Waals surface area contributed by atoms with Crippen molar-refractivity contribution in [3.8, 4) is 39.5 Å². The summed E-state index contributed by atoms with van der Waals surface area (Å²) in [6.07, 6.45) is 3.24. The van der Waals surface area contributed by atoms with Gasteiger partial charge in [-0.2, -0.15) is 0 Å². The van der Waals surface area contributed by atoms with E-state index in [9.17, 15) is 0 Å². The first-order valence-electron chi connectivity index (χ1n) is 20.9. The normalized spacial score (nSPS) is 11.6. The Hall–Kier alpha value is -5.49. The van der Waals surface area contributed by atoms with Crippen molar-refractivity contribution in [2.45, 2.75) is 53.8 Å². The zero-order valence-corrected chi connectivity index (χ0v) is 40.0. The number of pyridine rings is 1. The Morgan fingerprint density at radius 3 is 2.15 bits per heavy atom. The number of thiophene rings is 1. The Balaban J connectivity index is 0.000000208. The van der Waals surface area contributed by atoms with Gasteiger partial charge >= 0.3 is 0 Å². The van der Waals surface area contributed by atoms with Gasteiger partial charge in [0, 0.05) is 32.0 Å². The topological polar surface area (TPSA) is 30.7 Å². The molecule has 10 rings (SSSR count). The molecule has 0 bridgehead atoms. The van der Waals surface area contributed by atoms with E-state index < -0.39 is 8.07 Å². The third-order valence-corrected chi connectivity index (χ3v) is 14.3. The van der Waals surface area contributed by atoms with Gasteiger partial charge in [-0.15, -0.1) is 41.3 Å². The van der Waals surface area contributed by atoms with Crippen molar-refractivity contribution < 1.29 is 20.1 Å². The number of benzene rings is 7. The molecule has 0 spiro atoms. The van der Waals surface area contributed by atoms with E-state index in [1.165, 1.54) is 64.6 Å². The minimum absolute atomic E-state index is 0. The van der Waals surface area contributed by atoms with Gasteiger partial charge in [0.2, 0.25) is 0 Å². The maximum atomic E-state index is 5.20. The third-order valence-electron chi connectivity index (χ3n) is 11.4. The van der Waals surface area contributed by atoms with E-state index in [2.05, 4.69) is 202 Å². The van der Waals surface area contributed by atoms with Crippen molar-refractivity contribution in [3.05, 3.63) is 180 Å². The summed E-state index contributed by atoms with van der Waals surface area (Å²) in [4.78, 5) is 9.89. The Labute approximate surface area is 378 Å². The molecule has 1 radical (unpaired) electrons. The first-order chi connectivity index (χ1) is 29.0. The van der Waals surface area contributed by atoms with Gasteiger partial charge < -0.3 is 9.55 Å². The molecule has 61 heavy (non-hydrogen) atoms. The number of rotatable bonds is 7. The van der Waals surface area contributed by atoms with Crippen LogP contribution >= 0.6 is 11.3 Å². The molecular weight excluding hydrogens is 955 g/mol. The number of nitrogens with zero attached hydrogens (tertiary/aromatic N) is 3. The van der Waals surface area contributed by atoms with Crippen LogP contribution in [0.15, 0.2) is 152 Å². The van der Waals surface area contributed by atoms with E-state index >= 15 is 0 Å². The smallest absolute Gasteiger partial charge is 0.0798 e. The fourth-order valence-corrected chi connectivity index (χ4v) is 11.2. The molecule has 0 amide bonds. The monoisotopic (exact) mass is 1000 g/mol. The molecule has 0 saturated carbocycles. The third kappa shape index (κ3) is 8.43. The number of imidazole rings is 1. The predicted molar refractivity (Wildman–Crippen MR) is 261 cm³/mol. The molecule has 0 unspecified atom stereocenters.